The molecule has 19 heteroatoms. The highest BCUT2D eigenvalue weighted by Gasteiger charge is 2.23. The van der Waals surface area contributed by atoms with E-state index in [4.69, 9.17) is 14.2 Å². The fourth-order valence-corrected chi connectivity index (χ4v) is 6.00. The highest BCUT2D eigenvalue weighted by atomic mass is 32.2. The van der Waals surface area contributed by atoms with Gasteiger partial charge < -0.3 is 19.3 Å². The largest absolute Gasteiger partial charge is 0.493 e. The van der Waals surface area contributed by atoms with Crippen LogP contribution in [0.15, 0.2) is 101 Å². The molecule has 0 fully saturated rings. The first-order valence-corrected chi connectivity index (χ1v) is 17.6. The summed E-state index contributed by atoms with van der Waals surface area (Å²) in [6, 6.07) is 20.7. The van der Waals surface area contributed by atoms with Crippen molar-refractivity contribution in [2.75, 3.05) is 36.1 Å². The number of sulfonamides is 1. The lowest BCUT2D eigenvalue weighted by atomic mass is 10.2. The van der Waals surface area contributed by atoms with Crippen molar-refractivity contribution in [3.05, 3.63) is 91.3 Å². The normalized spacial score (nSPS) is 11.1. The molecule has 0 radical (unpaired) electrons. The number of aromatic nitrogens is 8. The minimum Gasteiger partial charge on any atom is -0.493 e. The molecule has 0 spiro atoms. The van der Waals surface area contributed by atoms with Crippen LogP contribution in [0.1, 0.15) is 0 Å². The monoisotopic (exact) mass is 728 g/mol. The minimum absolute atomic E-state index is 0.00117. The first-order valence-electron chi connectivity index (χ1n) is 14.9. The number of rotatable bonds is 14. The van der Waals surface area contributed by atoms with E-state index in [-0.39, 0.29) is 47.1 Å². The van der Waals surface area contributed by atoms with E-state index >= 15 is 0 Å². The summed E-state index contributed by atoms with van der Waals surface area (Å²) in [5.74, 6) is 1.12. The van der Waals surface area contributed by atoms with Crippen LogP contribution < -0.4 is 23.8 Å². The van der Waals surface area contributed by atoms with E-state index in [9.17, 15) is 18.3 Å². The number of carboxylic acid groups (broad SMARTS) is 1. The van der Waals surface area contributed by atoms with Crippen LogP contribution >= 0.6 is 11.8 Å². The van der Waals surface area contributed by atoms with Crippen LogP contribution in [0.4, 0.5) is 16.4 Å². The zero-order chi connectivity index (χ0) is 35.8. The molecule has 6 aromatic rings. The first-order chi connectivity index (χ1) is 24.7. The Labute approximate surface area is 295 Å². The average molecular weight is 729 g/mol. The van der Waals surface area contributed by atoms with Gasteiger partial charge in [0, 0.05) is 28.9 Å². The quantitative estimate of drug-likeness (QED) is 0.126. The molecule has 0 aliphatic rings. The number of methoxy groups -OCH3 is 1. The molecule has 0 atom stereocenters. The fraction of sp³-hybridized carbons (Fsp3) is 0.125. The number of anilines is 2. The van der Waals surface area contributed by atoms with Crippen molar-refractivity contribution < 1.29 is 32.5 Å². The predicted molar refractivity (Wildman–Crippen MR) is 186 cm³/mol. The second-order valence-electron chi connectivity index (χ2n) is 10.2. The van der Waals surface area contributed by atoms with Crippen molar-refractivity contribution >= 4 is 39.5 Å². The van der Waals surface area contributed by atoms with Gasteiger partial charge >= 0.3 is 6.09 Å². The molecular formula is C32H28N10O7S2. The zero-order valence-electron chi connectivity index (χ0n) is 26.9. The molecule has 4 heterocycles. The Morgan fingerprint density at radius 1 is 0.941 bits per heavy atom. The first kappa shape index (κ1) is 34.5. The summed E-state index contributed by atoms with van der Waals surface area (Å²) in [5.41, 5.74) is 1.06. The number of H-pyrrole nitrogens is 1. The number of benzene rings is 2. The van der Waals surface area contributed by atoms with Crippen molar-refractivity contribution in [1.29, 1.82) is 0 Å². The summed E-state index contributed by atoms with van der Waals surface area (Å²) in [6.07, 6.45) is 3.56. The maximum atomic E-state index is 13.5. The number of nitrogens with one attached hydrogen (secondary N) is 2. The summed E-state index contributed by atoms with van der Waals surface area (Å²) in [5, 5.41) is 23.9. The third-order valence-corrected chi connectivity index (χ3v) is 9.13. The van der Waals surface area contributed by atoms with Gasteiger partial charge in [-0.25, -0.2) is 23.2 Å². The number of ether oxygens (including phenoxy) is 3. The van der Waals surface area contributed by atoms with Crippen LogP contribution in [0.5, 0.6) is 23.1 Å². The number of nitrogens with zero attached hydrogens (tertiary/aromatic N) is 8. The number of tetrazole rings is 1. The summed E-state index contributed by atoms with van der Waals surface area (Å²) < 4.78 is 46.6. The van der Waals surface area contributed by atoms with E-state index in [2.05, 4.69) is 45.3 Å². The molecule has 0 unspecified atom stereocenters. The van der Waals surface area contributed by atoms with Crippen LogP contribution in [0.25, 0.3) is 22.9 Å². The number of amides is 1. The lowest BCUT2D eigenvalue weighted by Crippen LogP contribution is -2.34. The number of aromatic amines is 1. The van der Waals surface area contributed by atoms with E-state index in [1.54, 1.807) is 54.7 Å². The summed E-state index contributed by atoms with van der Waals surface area (Å²) in [6.45, 7) is -0.342. The van der Waals surface area contributed by atoms with Crippen LogP contribution in [-0.2, 0) is 10.0 Å². The molecule has 0 aliphatic heterocycles. The zero-order valence-corrected chi connectivity index (χ0v) is 28.5. The highest BCUT2D eigenvalue weighted by Crippen LogP contribution is 2.36. The Bertz CT molecular complexity index is 2240. The number of thioether (sulfide) groups is 1. The third kappa shape index (κ3) is 8.28. The number of carbonyl (C=O) groups is 1. The number of para-hydroxylation sites is 2. The van der Waals surface area contributed by atoms with Gasteiger partial charge in [0.05, 0.1) is 18.6 Å². The lowest BCUT2D eigenvalue weighted by Gasteiger charge is -2.21. The molecule has 1 amide bonds. The second kappa shape index (κ2) is 15.5. The van der Waals surface area contributed by atoms with Gasteiger partial charge in [-0.15, -0.1) is 22.0 Å². The molecule has 0 saturated heterocycles. The van der Waals surface area contributed by atoms with E-state index in [0.29, 0.717) is 28.7 Å². The third-order valence-electron chi connectivity index (χ3n) is 7.03. The number of hydrogen-bond donors (Lipinski definition) is 3. The Hall–Kier alpha value is -6.34. The maximum absolute atomic E-state index is 13.5. The molecule has 260 valence electrons. The minimum atomic E-state index is -4.18. The Kier molecular flexibility index (Phi) is 10.5. The average Bonchev–Trinajstić information content (AvgIpc) is 3.70. The maximum Gasteiger partial charge on any atom is 0.413 e. The van der Waals surface area contributed by atoms with Gasteiger partial charge in [-0.2, -0.15) is 10.2 Å². The standard InChI is InChI=1S/C32H28N10O7S2/c1-47-24-5-3-4-6-25(24)49-26-11-12-27(35-31(26)39-51(45,46)22-9-7-21(50-2)8-10-22)42(32(43)44)17-18-48-28-14-16-34-29(36-28)20-13-15-33-23(19-20)30-37-40-41-38-30/h3-16,19H,17-18H2,1-2H3,(H,35,39)(H,43,44)(H,37,38,40,41). The summed E-state index contributed by atoms with van der Waals surface area (Å²) >= 11 is 1.46. The number of pyridine rings is 2. The van der Waals surface area contributed by atoms with Crippen molar-refractivity contribution in [2.45, 2.75) is 9.79 Å². The molecular weight excluding hydrogens is 701 g/mol. The fourth-order valence-electron chi connectivity index (χ4n) is 4.58. The van der Waals surface area contributed by atoms with Gasteiger partial charge in [-0.3, -0.25) is 14.6 Å². The molecule has 0 aliphatic carbocycles. The lowest BCUT2D eigenvalue weighted by molar-refractivity contribution is 0.199. The highest BCUT2D eigenvalue weighted by molar-refractivity contribution is 7.98. The number of hydrogen-bond acceptors (Lipinski definition) is 14. The smallest absolute Gasteiger partial charge is 0.413 e. The second-order valence-corrected chi connectivity index (χ2v) is 12.8. The summed E-state index contributed by atoms with van der Waals surface area (Å²) in [7, 11) is -2.71. The van der Waals surface area contributed by atoms with E-state index in [1.807, 2.05) is 6.26 Å². The van der Waals surface area contributed by atoms with Gasteiger partial charge in [-0.05, 0) is 72.1 Å². The Morgan fingerprint density at radius 2 is 1.73 bits per heavy atom. The van der Waals surface area contributed by atoms with Crippen molar-refractivity contribution in [1.82, 2.24) is 40.6 Å². The predicted octanol–water partition coefficient (Wildman–Crippen LogP) is 5.00. The van der Waals surface area contributed by atoms with Crippen molar-refractivity contribution in [3.8, 4) is 46.0 Å². The van der Waals surface area contributed by atoms with E-state index < -0.39 is 16.1 Å². The van der Waals surface area contributed by atoms with E-state index in [1.165, 1.54) is 55.4 Å². The Morgan fingerprint density at radius 3 is 2.45 bits per heavy atom. The molecule has 6 rings (SSSR count). The van der Waals surface area contributed by atoms with Crippen LogP contribution in [0.3, 0.4) is 0 Å². The van der Waals surface area contributed by atoms with Gasteiger partial charge in [0.25, 0.3) is 10.0 Å². The molecule has 51 heavy (non-hydrogen) atoms. The van der Waals surface area contributed by atoms with Gasteiger partial charge in [0.15, 0.2) is 28.9 Å². The van der Waals surface area contributed by atoms with Gasteiger partial charge in [-0.1, -0.05) is 12.1 Å². The summed E-state index contributed by atoms with van der Waals surface area (Å²) in [4.78, 5) is 31.5. The molecule has 0 saturated carbocycles. The topological polar surface area (TPSA) is 220 Å². The van der Waals surface area contributed by atoms with Gasteiger partial charge in [0.2, 0.25) is 11.7 Å². The SMILES string of the molecule is COc1ccccc1Oc1ccc(N(CCOc2ccnc(-c3ccnc(-c4nn[nH]n4)c3)n2)C(=O)O)nc1NS(=O)(=O)c1ccc(SC)cc1. The van der Waals surface area contributed by atoms with Crippen LogP contribution in [0, 0.1) is 0 Å². The van der Waals surface area contributed by atoms with Crippen LogP contribution in [-0.4, -0.2) is 86.7 Å². The molecule has 17 nitrogen and oxygen atoms in total. The Balaban J connectivity index is 1.23. The molecule has 2 aromatic carbocycles. The van der Waals surface area contributed by atoms with E-state index in [0.717, 1.165) is 9.80 Å². The van der Waals surface area contributed by atoms with Crippen molar-refractivity contribution in [2.24, 2.45) is 0 Å². The molecule has 0 bridgehead atoms. The molecule has 4 aromatic heterocycles. The van der Waals surface area contributed by atoms with Crippen molar-refractivity contribution in [3.63, 3.8) is 0 Å². The van der Waals surface area contributed by atoms with Crippen LogP contribution in [0.2, 0.25) is 0 Å². The molecule has 3 N–H and O–H groups in total. The van der Waals surface area contributed by atoms with Gasteiger partial charge in [0.1, 0.15) is 18.1 Å².